The first kappa shape index (κ1) is 23.6. The van der Waals surface area contributed by atoms with Crippen LogP contribution in [0.25, 0.3) is 0 Å². The van der Waals surface area contributed by atoms with Crippen molar-refractivity contribution in [3.63, 3.8) is 0 Å². The number of rotatable bonds is 17. The van der Waals surface area contributed by atoms with Crippen molar-refractivity contribution in [1.29, 1.82) is 0 Å². The molecule has 3 N–H and O–H groups in total. The number of unbranched alkanes of at least 4 members (excludes halogenated alkanes) is 7. The molecule has 0 aromatic heterocycles. The van der Waals surface area contributed by atoms with E-state index in [0.29, 0.717) is 6.04 Å². The summed E-state index contributed by atoms with van der Waals surface area (Å²) in [5.74, 6) is 0. The molecular formula is C23H42N2. The molecule has 0 aliphatic carbocycles. The number of hydrogen-bond acceptors (Lipinski definition) is 2. The molecule has 0 spiro atoms. The highest BCUT2D eigenvalue weighted by Crippen LogP contribution is 2.11. The van der Waals surface area contributed by atoms with Gasteiger partial charge in [0.15, 0.2) is 0 Å². The summed E-state index contributed by atoms with van der Waals surface area (Å²) in [6, 6.07) is 0.320. The van der Waals surface area contributed by atoms with Gasteiger partial charge in [-0.15, -0.1) is 6.58 Å². The van der Waals surface area contributed by atoms with Crippen LogP contribution < -0.4 is 11.1 Å². The van der Waals surface area contributed by atoms with Gasteiger partial charge < -0.3 is 11.1 Å². The molecule has 0 aliphatic rings. The van der Waals surface area contributed by atoms with Crippen molar-refractivity contribution < 1.29 is 0 Å². The molecule has 0 fully saturated rings. The maximum absolute atomic E-state index is 5.99. The maximum Gasteiger partial charge on any atom is 0.0410 e. The van der Waals surface area contributed by atoms with Gasteiger partial charge in [-0.25, -0.2) is 0 Å². The smallest absolute Gasteiger partial charge is 0.0410 e. The van der Waals surface area contributed by atoms with Crippen LogP contribution in [0, 0.1) is 0 Å². The molecule has 0 aromatic carbocycles. The number of hydrogen-bond donors (Lipinski definition) is 2. The molecule has 2 nitrogen and oxygen atoms in total. The lowest BCUT2D eigenvalue weighted by atomic mass is 10.1. The van der Waals surface area contributed by atoms with Gasteiger partial charge in [-0.1, -0.05) is 69.9 Å². The zero-order valence-corrected chi connectivity index (χ0v) is 16.9. The second-order valence-corrected chi connectivity index (χ2v) is 7.02. The third kappa shape index (κ3) is 17.2. The molecule has 0 amide bonds. The SMILES string of the molecule is C=CC(C)NC(=C)CCCCCCC/C=C\C/C=C(/N)CCCCC. The van der Waals surface area contributed by atoms with Crippen LogP contribution in [0.1, 0.15) is 90.9 Å². The quantitative estimate of drug-likeness (QED) is 0.225. The Morgan fingerprint density at radius 3 is 2.40 bits per heavy atom. The van der Waals surface area contributed by atoms with E-state index in [1.54, 1.807) is 0 Å². The molecule has 0 aromatic rings. The third-order valence-electron chi connectivity index (χ3n) is 4.39. The fourth-order valence-corrected chi connectivity index (χ4v) is 2.70. The first-order chi connectivity index (χ1) is 12.1. The van der Waals surface area contributed by atoms with E-state index in [2.05, 4.69) is 50.6 Å². The van der Waals surface area contributed by atoms with Gasteiger partial charge in [-0.3, -0.25) is 0 Å². The maximum atomic E-state index is 5.99. The molecule has 0 bridgehead atoms. The minimum Gasteiger partial charge on any atom is -0.402 e. The third-order valence-corrected chi connectivity index (χ3v) is 4.39. The van der Waals surface area contributed by atoms with E-state index >= 15 is 0 Å². The zero-order valence-electron chi connectivity index (χ0n) is 16.9. The Morgan fingerprint density at radius 2 is 1.68 bits per heavy atom. The van der Waals surface area contributed by atoms with Crippen molar-refractivity contribution in [3.05, 3.63) is 48.9 Å². The van der Waals surface area contributed by atoms with Gasteiger partial charge in [-0.2, -0.15) is 0 Å². The van der Waals surface area contributed by atoms with Crippen molar-refractivity contribution >= 4 is 0 Å². The van der Waals surface area contributed by atoms with E-state index in [4.69, 9.17) is 5.73 Å². The van der Waals surface area contributed by atoms with E-state index in [1.807, 2.05) is 6.08 Å². The van der Waals surface area contributed by atoms with E-state index in [9.17, 15) is 0 Å². The Kier molecular flexibility index (Phi) is 16.4. The Hall–Kier alpha value is -1.44. The summed E-state index contributed by atoms with van der Waals surface area (Å²) in [5.41, 5.74) is 8.18. The Balaban J connectivity index is 3.44. The molecular weight excluding hydrogens is 304 g/mol. The first-order valence-electron chi connectivity index (χ1n) is 10.3. The topological polar surface area (TPSA) is 38.0 Å². The van der Waals surface area contributed by atoms with Gasteiger partial charge >= 0.3 is 0 Å². The molecule has 0 saturated heterocycles. The van der Waals surface area contributed by atoms with Crippen LogP contribution in [0.2, 0.25) is 0 Å². The van der Waals surface area contributed by atoms with Crippen molar-refractivity contribution in [2.45, 2.75) is 96.9 Å². The van der Waals surface area contributed by atoms with Gasteiger partial charge in [0, 0.05) is 17.4 Å². The average molecular weight is 347 g/mol. The summed E-state index contributed by atoms with van der Waals surface area (Å²) < 4.78 is 0. The van der Waals surface area contributed by atoms with Crippen LogP contribution in [0.4, 0.5) is 0 Å². The van der Waals surface area contributed by atoms with Crippen LogP contribution in [-0.2, 0) is 0 Å². The molecule has 2 heteroatoms. The highest BCUT2D eigenvalue weighted by atomic mass is 14.9. The number of nitrogens with one attached hydrogen (secondary N) is 1. The molecule has 1 atom stereocenters. The molecule has 0 aliphatic heterocycles. The first-order valence-corrected chi connectivity index (χ1v) is 10.3. The highest BCUT2D eigenvalue weighted by molar-refractivity contribution is 5.01. The Morgan fingerprint density at radius 1 is 1.00 bits per heavy atom. The van der Waals surface area contributed by atoms with E-state index in [1.165, 1.54) is 57.8 Å². The molecule has 1 unspecified atom stereocenters. The fraction of sp³-hybridized carbons (Fsp3) is 0.652. The molecule has 25 heavy (non-hydrogen) atoms. The van der Waals surface area contributed by atoms with Crippen molar-refractivity contribution in [1.82, 2.24) is 5.32 Å². The van der Waals surface area contributed by atoms with Crippen molar-refractivity contribution in [2.24, 2.45) is 5.73 Å². The molecule has 0 saturated carbocycles. The fourth-order valence-electron chi connectivity index (χ4n) is 2.70. The Labute approximate surface area is 157 Å². The van der Waals surface area contributed by atoms with E-state index < -0.39 is 0 Å². The summed E-state index contributed by atoms with van der Waals surface area (Å²) in [5, 5.41) is 3.35. The molecule has 0 radical (unpaired) electrons. The van der Waals surface area contributed by atoms with Crippen LogP contribution in [0.3, 0.4) is 0 Å². The predicted octanol–water partition coefficient (Wildman–Crippen LogP) is 6.76. The summed E-state index contributed by atoms with van der Waals surface area (Å²) in [6.45, 7) is 12.2. The summed E-state index contributed by atoms with van der Waals surface area (Å²) in [6.07, 6.45) is 23.2. The summed E-state index contributed by atoms with van der Waals surface area (Å²) >= 11 is 0. The van der Waals surface area contributed by atoms with Crippen LogP contribution in [-0.4, -0.2) is 6.04 Å². The second kappa shape index (κ2) is 17.4. The number of allylic oxidation sites excluding steroid dienone is 5. The average Bonchev–Trinajstić information content (AvgIpc) is 2.59. The molecule has 0 heterocycles. The molecule has 144 valence electrons. The van der Waals surface area contributed by atoms with Crippen LogP contribution >= 0.6 is 0 Å². The van der Waals surface area contributed by atoms with Crippen molar-refractivity contribution in [2.75, 3.05) is 0 Å². The van der Waals surface area contributed by atoms with E-state index in [-0.39, 0.29) is 0 Å². The number of nitrogens with two attached hydrogens (primary N) is 1. The van der Waals surface area contributed by atoms with Gasteiger partial charge in [-0.05, 0) is 51.9 Å². The van der Waals surface area contributed by atoms with Crippen molar-refractivity contribution in [3.8, 4) is 0 Å². The predicted molar refractivity (Wildman–Crippen MR) is 114 cm³/mol. The van der Waals surface area contributed by atoms with Crippen LogP contribution in [0.5, 0.6) is 0 Å². The minimum atomic E-state index is 0.320. The van der Waals surface area contributed by atoms with E-state index in [0.717, 1.165) is 30.7 Å². The summed E-state index contributed by atoms with van der Waals surface area (Å²) in [4.78, 5) is 0. The minimum absolute atomic E-state index is 0.320. The van der Waals surface area contributed by atoms with Gasteiger partial charge in [0.05, 0.1) is 0 Å². The largest absolute Gasteiger partial charge is 0.402 e. The summed E-state index contributed by atoms with van der Waals surface area (Å²) in [7, 11) is 0. The van der Waals surface area contributed by atoms with Crippen LogP contribution in [0.15, 0.2) is 48.9 Å². The zero-order chi connectivity index (χ0) is 18.8. The second-order valence-electron chi connectivity index (χ2n) is 7.02. The lowest BCUT2D eigenvalue weighted by molar-refractivity contribution is 0.596. The van der Waals surface area contributed by atoms with Gasteiger partial charge in [0.25, 0.3) is 0 Å². The lowest BCUT2D eigenvalue weighted by Crippen LogP contribution is -2.22. The molecule has 0 rings (SSSR count). The monoisotopic (exact) mass is 346 g/mol. The Bertz CT molecular complexity index is 393. The normalized spacial score (nSPS) is 13.1. The lowest BCUT2D eigenvalue weighted by Gasteiger charge is -2.13. The van der Waals surface area contributed by atoms with Gasteiger partial charge in [0.2, 0.25) is 0 Å². The standard InChI is InChI=1S/C23H42N2/c1-5-7-15-19-23(24)20-17-14-12-10-8-9-11-13-16-18-22(4)25-21(3)6-2/h6,12,14,20-21,25H,2,4-5,7-11,13,15-19,24H2,1,3H3/b14-12-,23-20+. The van der Waals surface area contributed by atoms with Gasteiger partial charge in [0.1, 0.15) is 0 Å². The highest BCUT2D eigenvalue weighted by Gasteiger charge is 1.98.